The Morgan fingerprint density at radius 3 is 2.43 bits per heavy atom. The number of rotatable bonds is 7. The molecule has 160 valence electrons. The number of hydrogen-bond donors (Lipinski definition) is 1. The van der Waals surface area contributed by atoms with Crippen molar-refractivity contribution >= 4 is 29.5 Å². The minimum atomic E-state index is -0.403. The third-order valence-electron chi connectivity index (χ3n) is 4.81. The lowest BCUT2D eigenvalue weighted by Crippen LogP contribution is -2.21. The Bertz CT molecular complexity index is 987. The Hall–Kier alpha value is -3.35. The standard InChI is InChI=1S/C23H29N3O4/c1-7-26-15(3)19(21(16(26)4)23(29)30-8-2)12-13-20(27)24-18-11-9-10-17(14-18)22(28)25(5)6/h9-14H,7-8H2,1-6H3,(H,24,27)/b13-12+. The van der Waals surface area contributed by atoms with Gasteiger partial charge in [-0.1, -0.05) is 6.07 Å². The SMILES string of the molecule is CCOC(=O)c1c(/C=C/C(=O)Nc2cccc(C(=O)N(C)C)c2)c(C)n(CC)c1C. The zero-order valence-corrected chi connectivity index (χ0v) is 18.4. The Morgan fingerprint density at radius 2 is 1.83 bits per heavy atom. The van der Waals surface area contributed by atoms with Crippen LogP contribution in [0.3, 0.4) is 0 Å². The molecule has 1 aromatic heterocycles. The molecule has 2 rings (SSSR count). The molecule has 0 aliphatic heterocycles. The van der Waals surface area contributed by atoms with E-state index in [1.54, 1.807) is 51.4 Å². The van der Waals surface area contributed by atoms with Crippen molar-refractivity contribution in [2.75, 3.05) is 26.0 Å². The Morgan fingerprint density at radius 1 is 1.13 bits per heavy atom. The number of amides is 2. The van der Waals surface area contributed by atoms with Crippen molar-refractivity contribution in [3.05, 3.63) is 58.4 Å². The molecule has 0 saturated carbocycles. The lowest BCUT2D eigenvalue weighted by molar-refractivity contribution is -0.111. The topological polar surface area (TPSA) is 80.6 Å². The number of nitrogens with zero attached hydrogens (tertiary/aromatic N) is 2. The van der Waals surface area contributed by atoms with Crippen molar-refractivity contribution in [3.63, 3.8) is 0 Å². The van der Waals surface area contributed by atoms with E-state index >= 15 is 0 Å². The van der Waals surface area contributed by atoms with Crippen molar-refractivity contribution in [1.82, 2.24) is 9.47 Å². The van der Waals surface area contributed by atoms with E-state index in [0.717, 1.165) is 11.4 Å². The number of hydrogen-bond acceptors (Lipinski definition) is 4. The molecule has 0 aliphatic rings. The molecule has 0 bridgehead atoms. The molecule has 0 saturated heterocycles. The van der Waals surface area contributed by atoms with Crippen molar-refractivity contribution in [1.29, 1.82) is 0 Å². The molecule has 2 amide bonds. The number of nitrogens with one attached hydrogen (secondary N) is 1. The highest BCUT2D eigenvalue weighted by molar-refractivity contribution is 6.04. The molecule has 1 N–H and O–H groups in total. The van der Waals surface area contributed by atoms with Gasteiger partial charge in [0.15, 0.2) is 0 Å². The van der Waals surface area contributed by atoms with Crippen LogP contribution >= 0.6 is 0 Å². The summed E-state index contributed by atoms with van der Waals surface area (Å²) < 4.78 is 7.21. The number of carbonyl (C=O) groups is 3. The Labute approximate surface area is 177 Å². The van der Waals surface area contributed by atoms with Crippen LogP contribution in [0.2, 0.25) is 0 Å². The van der Waals surface area contributed by atoms with Crippen LogP contribution in [0, 0.1) is 13.8 Å². The zero-order valence-electron chi connectivity index (χ0n) is 18.4. The van der Waals surface area contributed by atoms with Gasteiger partial charge in [-0.05, 0) is 52.0 Å². The maximum absolute atomic E-state index is 12.5. The summed E-state index contributed by atoms with van der Waals surface area (Å²) in [4.78, 5) is 38.5. The van der Waals surface area contributed by atoms with Crippen LogP contribution in [0.25, 0.3) is 6.08 Å². The lowest BCUT2D eigenvalue weighted by atomic mass is 10.1. The maximum atomic E-state index is 12.5. The number of esters is 1. The van der Waals surface area contributed by atoms with Crippen molar-refractivity contribution in [3.8, 4) is 0 Å². The average molecular weight is 412 g/mol. The van der Waals surface area contributed by atoms with Gasteiger partial charge in [-0.3, -0.25) is 9.59 Å². The summed E-state index contributed by atoms with van der Waals surface area (Å²) in [6.07, 6.45) is 3.01. The smallest absolute Gasteiger partial charge is 0.340 e. The van der Waals surface area contributed by atoms with Crippen LogP contribution in [0.5, 0.6) is 0 Å². The molecule has 0 aliphatic carbocycles. The first kappa shape index (κ1) is 22.9. The normalized spacial score (nSPS) is 10.9. The van der Waals surface area contributed by atoms with Gasteiger partial charge < -0.3 is 19.5 Å². The van der Waals surface area contributed by atoms with Crippen molar-refractivity contribution < 1.29 is 19.1 Å². The molecule has 7 nitrogen and oxygen atoms in total. The van der Waals surface area contributed by atoms with Crippen LogP contribution < -0.4 is 5.32 Å². The number of aromatic nitrogens is 1. The monoisotopic (exact) mass is 411 g/mol. The second-order valence-corrected chi connectivity index (χ2v) is 7.03. The minimum Gasteiger partial charge on any atom is -0.462 e. The van der Waals surface area contributed by atoms with Gasteiger partial charge in [0.25, 0.3) is 5.91 Å². The second-order valence-electron chi connectivity index (χ2n) is 7.03. The molecular formula is C23H29N3O4. The molecule has 1 heterocycles. The first-order valence-corrected chi connectivity index (χ1v) is 9.88. The first-order chi connectivity index (χ1) is 14.2. The highest BCUT2D eigenvalue weighted by atomic mass is 16.5. The van der Waals surface area contributed by atoms with Gasteiger partial charge in [0, 0.05) is 54.9 Å². The van der Waals surface area contributed by atoms with E-state index in [9.17, 15) is 14.4 Å². The Kier molecular flexibility index (Phi) is 7.58. The summed E-state index contributed by atoms with van der Waals surface area (Å²) in [5, 5.41) is 2.76. The molecule has 1 aromatic carbocycles. The zero-order chi connectivity index (χ0) is 22.4. The third-order valence-corrected chi connectivity index (χ3v) is 4.81. The molecule has 0 unspecified atom stereocenters. The van der Waals surface area contributed by atoms with E-state index in [1.807, 2.05) is 25.3 Å². The Balaban J connectivity index is 2.28. The number of carbonyl (C=O) groups excluding carboxylic acids is 3. The van der Waals surface area contributed by atoms with E-state index in [4.69, 9.17) is 4.74 Å². The number of benzene rings is 1. The molecule has 0 spiro atoms. The van der Waals surface area contributed by atoms with E-state index in [-0.39, 0.29) is 18.4 Å². The van der Waals surface area contributed by atoms with E-state index < -0.39 is 5.97 Å². The van der Waals surface area contributed by atoms with Gasteiger partial charge in [-0.2, -0.15) is 0 Å². The molecule has 30 heavy (non-hydrogen) atoms. The number of anilines is 1. The molecule has 2 aromatic rings. The van der Waals surface area contributed by atoms with Gasteiger partial charge >= 0.3 is 5.97 Å². The van der Waals surface area contributed by atoms with Crippen LogP contribution in [0.15, 0.2) is 30.3 Å². The van der Waals surface area contributed by atoms with Crippen molar-refractivity contribution in [2.24, 2.45) is 0 Å². The number of ether oxygens (including phenoxy) is 1. The van der Waals surface area contributed by atoms with Crippen LogP contribution in [0.1, 0.15) is 51.5 Å². The van der Waals surface area contributed by atoms with Gasteiger partial charge in [-0.25, -0.2) is 4.79 Å². The highest BCUT2D eigenvalue weighted by Crippen LogP contribution is 2.25. The summed E-state index contributed by atoms with van der Waals surface area (Å²) in [6, 6.07) is 6.75. The largest absolute Gasteiger partial charge is 0.462 e. The fourth-order valence-electron chi connectivity index (χ4n) is 3.38. The summed E-state index contributed by atoms with van der Waals surface area (Å²) in [6.45, 7) is 8.52. The lowest BCUT2D eigenvalue weighted by Gasteiger charge is -2.11. The summed E-state index contributed by atoms with van der Waals surface area (Å²) in [7, 11) is 3.34. The summed E-state index contributed by atoms with van der Waals surface area (Å²) in [5.41, 5.74) is 3.84. The molecule has 0 atom stereocenters. The molecule has 7 heteroatoms. The van der Waals surface area contributed by atoms with Gasteiger partial charge in [-0.15, -0.1) is 0 Å². The van der Waals surface area contributed by atoms with E-state index in [0.29, 0.717) is 28.9 Å². The second kappa shape index (κ2) is 9.91. The molecular weight excluding hydrogens is 382 g/mol. The molecule has 0 fully saturated rings. The summed E-state index contributed by atoms with van der Waals surface area (Å²) >= 11 is 0. The van der Waals surface area contributed by atoms with Gasteiger partial charge in [0.1, 0.15) is 0 Å². The van der Waals surface area contributed by atoms with Crippen molar-refractivity contribution in [2.45, 2.75) is 34.2 Å². The first-order valence-electron chi connectivity index (χ1n) is 9.88. The quantitative estimate of drug-likeness (QED) is 0.557. The van der Waals surface area contributed by atoms with E-state index in [1.165, 1.54) is 11.0 Å². The fraction of sp³-hybridized carbons (Fsp3) is 0.348. The van der Waals surface area contributed by atoms with Gasteiger partial charge in [0.05, 0.1) is 12.2 Å². The van der Waals surface area contributed by atoms with E-state index in [2.05, 4.69) is 5.32 Å². The van der Waals surface area contributed by atoms with Crippen LogP contribution in [-0.2, 0) is 16.1 Å². The third kappa shape index (κ3) is 4.97. The maximum Gasteiger partial charge on any atom is 0.340 e. The predicted octanol–water partition coefficient (Wildman–Crippen LogP) is 3.66. The van der Waals surface area contributed by atoms with Crippen LogP contribution in [0.4, 0.5) is 5.69 Å². The van der Waals surface area contributed by atoms with Gasteiger partial charge in [0.2, 0.25) is 5.91 Å². The predicted molar refractivity (Wildman–Crippen MR) is 118 cm³/mol. The average Bonchev–Trinajstić information content (AvgIpc) is 2.95. The molecule has 0 radical (unpaired) electrons. The summed E-state index contributed by atoms with van der Waals surface area (Å²) in [5.74, 6) is -0.909. The fourth-order valence-corrected chi connectivity index (χ4v) is 3.38. The highest BCUT2D eigenvalue weighted by Gasteiger charge is 2.22. The van der Waals surface area contributed by atoms with Crippen LogP contribution in [-0.4, -0.2) is 48.0 Å². The minimum absolute atomic E-state index is 0.146.